The number of hydrogen-bond acceptors (Lipinski definition) is 4. The molecule has 0 atom stereocenters. The summed E-state index contributed by atoms with van der Waals surface area (Å²) in [7, 11) is 0. The number of nitrogens with zero attached hydrogens (tertiary/aromatic N) is 2. The summed E-state index contributed by atoms with van der Waals surface area (Å²) in [5, 5.41) is 3.75. The van der Waals surface area contributed by atoms with E-state index in [-0.39, 0.29) is 0 Å². The quantitative estimate of drug-likeness (QED) is 0.816. The number of rotatable bonds is 2. The fourth-order valence-corrected chi connectivity index (χ4v) is 1.25. The van der Waals surface area contributed by atoms with E-state index < -0.39 is 0 Å². The first-order valence-corrected chi connectivity index (χ1v) is 4.72. The van der Waals surface area contributed by atoms with E-state index in [2.05, 4.69) is 15.3 Å². The fourth-order valence-electron chi connectivity index (χ4n) is 1.12. The zero-order valence-electron chi connectivity index (χ0n) is 7.81. The van der Waals surface area contributed by atoms with Crippen LogP contribution in [0.5, 0.6) is 0 Å². The second-order valence-corrected chi connectivity index (χ2v) is 3.40. The molecule has 0 saturated carbocycles. The van der Waals surface area contributed by atoms with Crippen LogP contribution in [0.25, 0.3) is 0 Å². The van der Waals surface area contributed by atoms with Gasteiger partial charge < -0.3 is 11.1 Å². The number of aromatic nitrogens is 2. The van der Waals surface area contributed by atoms with Crippen LogP contribution in [0.3, 0.4) is 0 Å². The molecule has 5 heteroatoms. The summed E-state index contributed by atoms with van der Waals surface area (Å²) in [6.07, 6.45) is 3.10. The smallest absolute Gasteiger partial charge is 0.151 e. The normalized spacial score (nSPS) is 9.93. The molecule has 0 aliphatic rings. The fraction of sp³-hybridized carbons (Fsp3) is 0. The Labute approximate surface area is 92.1 Å². The monoisotopic (exact) mass is 220 g/mol. The van der Waals surface area contributed by atoms with E-state index in [0.717, 1.165) is 5.69 Å². The summed E-state index contributed by atoms with van der Waals surface area (Å²) in [5.74, 6) is 0.992. The van der Waals surface area contributed by atoms with Gasteiger partial charge in [0.2, 0.25) is 0 Å². The average molecular weight is 221 g/mol. The first-order chi connectivity index (χ1) is 7.24. The third-order valence-electron chi connectivity index (χ3n) is 1.77. The zero-order valence-corrected chi connectivity index (χ0v) is 8.57. The van der Waals surface area contributed by atoms with Gasteiger partial charge >= 0.3 is 0 Å². The number of hydrogen-bond donors (Lipinski definition) is 2. The molecule has 76 valence electrons. The highest BCUT2D eigenvalue weighted by atomic mass is 35.5. The first-order valence-electron chi connectivity index (χ1n) is 4.34. The molecule has 1 aromatic carbocycles. The van der Waals surface area contributed by atoms with Gasteiger partial charge in [-0.25, -0.2) is 4.98 Å². The van der Waals surface area contributed by atoms with Gasteiger partial charge in [-0.05, 0) is 24.3 Å². The van der Waals surface area contributed by atoms with Crippen molar-refractivity contribution in [1.29, 1.82) is 0 Å². The number of nitrogen functional groups attached to an aromatic ring is 1. The molecule has 15 heavy (non-hydrogen) atoms. The molecule has 0 fully saturated rings. The molecule has 0 unspecified atom stereocenters. The summed E-state index contributed by atoms with van der Waals surface area (Å²) >= 11 is 5.76. The Morgan fingerprint density at radius 3 is 2.53 bits per heavy atom. The van der Waals surface area contributed by atoms with Crippen LogP contribution in [0, 0.1) is 0 Å². The van der Waals surface area contributed by atoms with Crippen LogP contribution < -0.4 is 11.1 Å². The maximum Gasteiger partial charge on any atom is 0.151 e. The summed E-state index contributed by atoms with van der Waals surface area (Å²) in [6.45, 7) is 0. The topological polar surface area (TPSA) is 63.8 Å². The molecule has 0 radical (unpaired) electrons. The van der Waals surface area contributed by atoms with Gasteiger partial charge in [-0.1, -0.05) is 11.6 Å². The average Bonchev–Trinajstić information content (AvgIpc) is 2.22. The molecule has 0 aliphatic carbocycles. The lowest BCUT2D eigenvalue weighted by atomic mass is 10.3. The van der Waals surface area contributed by atoms with Gasteiger partial charge in [-0.3, -0.25) is 4.98 Å². The Balaban J connectivity index is 2.18. The Hall–Kier alpha value is -1.81. The van der Waals surface area contributed by atoms with E-state index in [9.17, 15) is 0 Å². The number of halogens is 1. The molecule has 0 bridgehead atoms. The molecule has 0 spiro atoms. The predicted octanol–water partition coefficient (Wildman–Crippen LogP) is 2.46. The highest BCUT2D eigenvalue weighted by Gasteiger charge is 1.96. The molecule has 2 aromatic rings. The lowest BCUT2D eigenvalue weighted by molar-refractivity contribution is 1.21. The Morgan fingerprint density at radius 1 is 1.13 bits per heavy atom. The lowest BCUT2D eigenvalue weighted by Gasteiger charge is -2.04. The summed E-state index contributed by atoms with van der Waals surface area (Å²) in [5.41, 5.74) is 6.39. The van der Waals surface area contributed by atoms with Crippen LogP contribution in [0.1, 0.15) is 0 Å². The van der Waals surface area contributed by atoms with Crippen molar-refractivity contribution in [3.63, 3.8) is 0 Å². The molecule has 0 saturated heterocycles. The van der Waals surface area contributed by atoms with Crippen molar-refractivity contribution < 1.29 is 0 Å². The maximum atomic E-state index is 5.76. The molecular formula is C10H9ClN4. The predicted molar refractivity (Wildman–Crippen MR) is 61.2 cm³/mol. The van der Waals surface area contributed by atoms with E-state index in [1.165, 1.54) is 6.20 Å². The number of nitrogens with one attached hydrogen (secondary N) is 1. The SMILES string of the molecule is Nc1cncc(Nc2ccc(Cl)cc2)n1. The van der Waals surface area contributed by atoms with Crippen LogP contribution in [0.2, 0.25) is 5.02 Å². The number of anilines is 3. The molecule has 3 N–H and O–H groups in total. The lowest BCUT2D eigenvalue weighted by Crippen LogP contribution is -1.97. The van der Waals surface area contributed by atoms with E-state index >= 15 is 0 Å². The summed E-state index contributed by atoms with van der Waals surface area (Å²) < 4.78 is 0. The molecule has 4 nitrogen and oxygen atoms in total. The van der Waals surface area contributed by atoms with Gasteiger partial charge in [0.1, 0.15) is 5.82 Å². The molecule has 0 aliphatic heterocycles. The van der Waals surface area contributed by atoms with Gasteiger partial charge in [-0.15, -0.1) is 0 Å². The van der Waals surface area contributed by atoms with Crippen LogP contribution in [0.4, 0.5) is 17.3 Å². The van der Waals surface area contributed by atoms with Crippen LogP contribution in [-0.4, -0.2) is 9.97 Å². The standard InChI is InChI=1S/C10H9ClN4/c11-7-1-3-8(4-2-7)14-10-6-13-5-9(12)15-10/h1-6H,(H3,12,14,15). The van der Waals surface area contributed by atoms with E-state index in [0.29, 0.717) is 16.7 Å². The molecule has 2 rings (SSSR count). The Kier molecular flexibility index (Phi) is 2.69. The largest absolute Gasteiger partial charge is 0.382 e. The Morgan fingerprint density at radius 2 is 1.87 bits per heavy atom. The zero-order chi connectivity index (χ0) is 10.7. The summed E-state index contributed by atoms with van der Waals surface area (Å²) in [6, 6.07) is 7.30. The van der Waals surface area contributed by atoms with Crippen LogP contribution in [0.15, 0.2) is 36.7 Å². The van der Waals surface area contributed by atoms with Gasteiger partial charge in [-0.2, -0.15) is 0 Å². The molecule has 1 heterocycles. The van der Waals surface area contributed by atoms with Crippen molar-refractivity contribution >= 4 is 28.9 Å². The van der Waals surface area contributed by atoms with Crippen molar-refractivity contribution in [2.75, 3.05) is 11.1 Å². The van der Waals surface area contributed by atoms with Crippen molar-refractivity contribution in [2.24, 2.45) is 0 Å². The molecule has 1 aromatic heterocycles. The minimum Gasteiger partial charge on any atom is -0.382 e. The van der Waals surface area contributed by atoms with E-state index in [1.807, 2.05) is 12.1 Å². The number of nitrogens with two attached hydrogens (primary N) is 1. The highest BCUT2D eigenvalue weighted by molar-refractivity contribution is 6.30. The van der Waals surface area contributed by atoms with Crippen LogP contribution >= 0.6 is 11.6 Å². The maximum absolute atomic E-state index is 5.76. The van der Waals surface area contributed by atoms with Crippen molar-refractivity contribution in [3.8, 4) is 0 Å². The van der Waals surface area contributed by atoms with Crippen LogP contribution in [-0.2, 0) is 0 Å². The third kappa shape index (κ3) is 2.57. The van der Waals surface area contributed by atoms with Crippen molar-refractivity contribution in [1.82, 2.24) is 9.97 Å². The molecule has 0 amide bonds. The highest BCUT2D eigenvalue weighted by Crippen LogP contribution is 2.17. The summed E-state index contributed by atoms with van der Waals surface area (Å²) in [4.78, 5) is 7.98. The second kappa shape index (κ2) is 4.14. The Bertz CT molecular complexity index is 455. The van der Waals surface area contributed by atoms with Gasteiger partial charge in [0.05, 0.1) is 12.4 Å². The van der Waals surface area contributed by atoms with E-state index in [4.69, 9.17) is 17.3 Å². The first kappa shape index (κ1) is 9.73. The minimum atomic E-state index is 0.383. The van der Waals surface area contributed by atoms with E-state index in [1.54, 1.807) is 18.3 Å². The van der Waals surface area contributed by atoms with Gasteiger partial charge in [0.15, 0.2) is 5.82 Å². The third-order valence-corrected chi connectivity index (χ3v) is 2.02. The number of benzene rings is 1. The second-order valence-electron chi connectivity index (χ2n) is 2.96. The van der Waals surface area contributed by atoms with Gasteiger partial charge in [0, 0.05) is 10.7 Å². The minimum absolute atomic E-state index is 0.383. The van der Waals surface area contributed by atoms with Crippen molar-refractivity contribution in [2.45, 2.75) is 0 Å². The molecular weight excluding hydrogens is 212 g/mol. The van der Waals surface area contributed by atoms with Crippen molar-refractivity contribution in [3.05, 3.63) is 41.7 Å². The van der Waals surface area contributed by atoms with Gasteiger partial charge in [0.25, 0.3) is 0 Å².